The Morgan fingerprint density at radius 1 is 1.41 bits per heavy atom. The number of rotatable bonds is 7. The summed E-state index contributed by atoms with van der Waals surface area (Å²) in [5.74, 6) is 0.568. The normalized spacial score (nSPS) is 12.7. The minimum atomic E-state index is -0.535. The predicted octanol–water partition coefficient (Wildman–Crippen LogP) is 0.101. The number of amides is 1. The van der Waals surface area contributed by atoms with Crippen molar-refractivity contribution in [1.82, 2.24) is 15.5 Å². The second kappa shape index (κ2) is 6.19. The van der Waals surface area contributed by atoms with Crippen LogP contribution in [0.25, 0.3) is 0 Å². The summed E-state index contributed by atoms with van der Waals surface area (Å²) in [6.45, 7) is 7.24. The minimum Gasteiger partial charge on any atom is -0.407 e. The van der Waals surface area contributed by atoms with Crippen molar-refractivity contribution in [2.45, 2.75) is 33.4 Å². The third-order valence-electron chi connectivity index (χ3n) is 2.06. The van der Waals surface area contributed by atoms with Crippen molar-refractivity contribution in [1.29, 1.82) is 0 Å². The molecule has 17 heavy (non-hydrogen) atoms. The van der Waals surface area contributed by atoms with Crippen LogP contribution in [-0.4, -0.2) is 28.7 Å². The molecule has 1 atom stereocenters. The topological polar surface area (TPSA) is 106 Å². The van der Waals surface area contributed by atoms with E-state index in [0.29, 0.717) is 18.4 Å². The fourth-order valence-electron chi connectivity index (χ4n) is 1.11. The van der Waals surface area contributed by atoms with E-state index in [2.05, 4.69) is 34.7 Å². The quantitative estimate of drug-likeness (QED) is 0.625. The largest absolute Gasteiger partial charge is 0.407 e. The van der Waals surface area contributed by atoms with E-state index in [4.69, 9.17) is 10.2 Å². The van der Waals surface area contributed by atoms with Crippen molar-refractivity contribution in [2.75, 3.05) is 11.9 Å². The van der Waals surface area contributed by atoms with Gasteiger partial charge in [-0.25, -0.2) is 0 Å². The molecule has 1 unspecified atom stereocenters. The molecule has 0 aliphatic heterocycles. The number of nitrogens with one attached hydrogen (secondary N) is 2. The van der Waals surface area contributed by atoms with E-state index in [1.165, 1.54) is 0 Å². The van der Waals surface area contributed by atoms with E-state index >= 15 is 0 Å². The number of hydrogen-bond acceptors (Lipinski definition) is 6. The zero-order chi connectivity index (χ0) is 12.8. The molecule has 0 bridgehead atoms. The molecule has 1 amide bonds. The zero-order valence-electron chi connectivity index (χ0n) is 10.4. The number of hydrogen-bond donors (Lipinski definition) is 3. The van der Waals surface area contributed by atoms with Crippen LogP contribution in [0.5, 0.6) is 0 Å². The summed E-state index contributed by atoms with van der Waals surface area (Å²) < 4.78 is 5.28. The molecule has 1 aromatic heterocycles. The van der Waals surface area contributed by atoms with Gasteiger partial charge in [-0.2, -0.15) is 0 Å². The molecule has 0 aromatic carbocycles. The lowest BCUT2D eigenvalue weighted by atomic mass is 10.2. The molecule has 1 heterocycles. The Morgan fingerprint density at radius 2 is 2.12 bits per heavy atom. The predicted molar refractivity (Wildman–Crippen MR) is 63.1 cm³/mol. The molecule has 0 radical (unpaired) electrons. The van der Waals surface area contributed by atoms with Crippen molar-refractivity contribution in [3.8, 4) is 0 Å². The van der Waals surface area contributed by atoms with Crippen LogP contribution >= 0.6 is 0 Å². The monoisotopic (exact) mass is 241 g/mol. The van der Waals surface area contributed by atoms with Crippen LogP contribution in [0.15, 0.2) is 4.42 Å². The molecule has 0 aliphatic rings. The van der Waals surface area contributed by atoms with Crippen molar-refractivity contribution >= 4 is 11.9 Å². The van der Waals surface area contributed by atoms with Crippen LogP contribution in [0.2, 0.25) is 0 Å². The van der Waals surface area contributed by atoms with Gasteiger partial charge in [0.05, 0.1) is 6.54 Å². The van der Waals surface area contributed by atoms with Crippen molar-refractivity contribution in [2.24, 2.45) is 11.7 Å². The zero-order valence-corrected chi connectivity index (χ0v) is 10.4. The first-order valence-electron chi connectivity index (χ1n) is 5.58. The molecule has 0 saturated heterocycles. The maximum absolute atomic E-state index is 10.8. The van der Waals surface area contributed by atoms with E-state index < -0.39 is 11.9 Å². The molecule has 0 spiro atoms. The van der Waals surface area contributed by atoms with Crippen LogP contribution in [-0.2, 0) is 11.3 Å². The van der Waals surface area contributed by atoms with Crippen LogP contribution in [0.4, 0.5) is 6.01 Å². The summed E-state index contributed by atoms with van der Waals surface area (Å²) in [5.41, 5.74) is 5.10. The Labute approximate surface area is 100 Å². The number of primary amides is 1. The second-order valence-electron chi connectivity index (χ2n) is 4.29. The number of carbonyl (C=O) groups is 1. The second-order valence-corrected chi connectivity index (χ2v) is 4.29. The summed E-state index contributed by atoms with van der Waals surface area (Å²) >= 11 is 0. The van der Waals surface area contributed by atoms with Gasteiger partial charge in [-0.3, -0.25) is 4.79 Å². The van der Waals surface area contributed by atoms with E-state index in [9.17, 15) is 4.79 Å². The van der Waals surface area contributed by atoms with Gasteiger partial charge in [0.2, 0.25) is 11.8 Å². The van der Waals surface area contributed by atoms with Gasteiger partial charge < -0.3 is 20.8 Å². The summed E-state index contributed by atoms with van der Waals surface area (Å²) in [7, 11) is 0. The fourth-order valence-corrected chi connectivity index (χ4v) is 1.11. The van der Waals surface area contributed by atoms with E-state index in [1.807, 2.05) is 0 Å². The molecular formula is C10H19N5O2. The lowest BCUT2D eigenvalue weighted by molar-refractivity contribution is -0.118. The molecule has 96 valence electrons. The van der Waals surface area contributed by atoms with Gasteiger partial charge in [0.1, 0.15) is 6.04 Å². The third-order valence-corrected chi connectivity index (χ3v) is 2.06. The maximum Gasteiger partial charge on any atom is 0.316 e. The third kappa shape index (κ3) is 4.81. The van der Waals surface area contributed by atoms with Crippen molar-refractivity contribution in [3.05, 3.63) is 5.89 Å². The first-order chi connectivity index (χ1) is 7.99. The highest BCUT2D eigenvalue weighted by atomic mass is 16.4. The van der Waals surface area contributed by atoms with Gasteiger partial charge in [0.25, 0.3) is 0 Å². The van der Waals surface area contributed by atoms with Crippen molar-refractivity contribution in [3.63, 3.8) is 0 Å². The van der Waals surface area contributed by atoms with Gasteiger partial charge in [-0.15, -0.1) is 5.10 Å². The standard InChI is InChI=1S/C10H19N5O2/c1-6(2)4-12-5-8-14-15-10(17-8)13-7(3)9(11)16/h6-7,12H,4-5H2,1-3H3,(H2,11,16)(H,13,15). The molecule has 4 N–H and O–H groups in total. The van der Waals surface area contributed by atoms with E-state index in [1.54, 1.807) is 6.92 Å². The van der Waals surface area contributed by atoms with Gasteiger partial charge in [0.15, 0.2) is 0 Å². The number of carbonyl (C=O) groups excluding carboxylic acids is 1. The number of nitrogens with two attached hydrogens (primary N) is 1. The van der Waals surface area contributed by atoms with Crippen LogP contribution in [0, 0.1) is 5.92 Å². The summed E-state index contributed by atoms with van der Waals surface area (Å²) in [5, 5.41) is 13.5. The number of nitrogens with zero attached hydrogens (tertiary/aromatic N) is 2. The summed E-state index contributed by atoms with van der Waals surface area (Å²) in [6.07, 6.45) is 0. The highest BCUT2D eigenvalue weighted by Crippen LogP contribution is 2.06. The molecule has 7 nitrogen and oxygen atoms in total. The van der Waals surface area contributed by atoms with Gasteiger partial charge in [-0.1, -0.05) is 18.9 Å². The number of aromatic nitrogens is 2. The molecule has 7 heteroatoms. The smallest absolute Gasteiger partial charge is 0.316 e. The van der Waals surface area contributed by atoms with Gasteiger partial charge in [0, 0.05) is 0 Å². The minimum absolute atomic E-state index is 0.206. The Bertz CT molecular complexity index is 363. The molecule has 1 rings (SSSR count). The van der Waals surface area contributed by atoms with Crippen LogP contribution in [0.3, 0.4) is 0 Å². The maximum atomic E-state index is 10.8. The summed E-state index contributed by atoms with van der Waals surface area (Å²) in [4.78, 5) is 10.8. The van der Waals surface area contributed by atoms with Crippen LogP contribution in [0.1, 0.15) is 26.7 Å². The molecule has 1 aromatic rings. The summed E-state index contributed by atoms with van der Waals surface area (Å²) in [6, 6.07) is -0.329. The lowest BCUT2D eigenvalue weighted by Crippen LogP contribution is -2.32. The SMILES string of the molecule is CC(C)CNCc1nnc(NC(C)C(N)=O)o1. The molecular weight excluding hydrogens is 222 g/mol. The van der Waals surface area contributed by atoms with E-state index in [-0.39, 0.29) is 6.01 Å². The van der Waals surface area contributed by atoms with E-state index in [0.717, 1.165) is 6.54 Å². The number of anilines is 1. The van der Waals surface area contributed by atoms with Gasteiger partial charge >= 0.3 is 6.01 Å². The molecule has 0 fully saturated rings. The highest BCUT2D eigenvalue weighted by Gasteiger charge is 2.12. The average molecular weight is 241 g/mol. The van der Waals surface area contributed by atoms with Crippen LogP contribution < -0.4 is 16.4 Å². The Morgan fingerprint density at radius 3 is 2.71 bits per heavy atom. The average Bonchev–Trinajstić information content (AvgIpc) is 2.65. The van der Waals surface area contributed by atoms with Crippen molar-refractivity contribution < 1.29 is 9.21 Å². The molecule has 0 saturated carbocycles. The Kier molecular flexibility index (Phi) is 4.89. The first kappa shape index (κ1) is 13.4. The molecule has 0 aliphatic carbocycles. The first-order valence-corrected chi connectivity index (χ1v) is 5.58. The van der Waals surface area contributed by atoms with Gasteiger partial charge in [-0.05, 0) is 19.4 Å². The highest BCUT2D eigenvalue weighted by molar-refractivity contribution is 5.81. The lowest BCUT2D eigenvalue weighted by Gasteiger charge is -2.06. The fraction of sp³-hybridized carbons (Fsp3) is 0.700. The Balaban J connectivity index is 2.40. The Hall–Kier alpha value is -1.63.